The summed E-state index contributed by atoms with van der Waals surface area (Å²) in [6.07, 6.45) is 8.45. The quantitative estimate of drug-likeness (QED) is 0.822. The van der Waals surface area contributed by atoms with Crippen LogP contribution in [0.3, 0.4) is 0 Å². The Labute approximate surface area is 112 Å². The number of nitrogens with zero attached hydrogens (tertiary/aromatic N) is 2. The fourth-order valence-electron chi connectivity index (χ4n) is 4.72. The maximum absolute atomic E-state index is 6.24. The van der Waals surface area contributed by atoms with Gasteiger partial charge in [0, 0.05) is 25.2 Å². The number of rotatable bonds is 4. The molecule has 3 rings (SSSR count). The van der Waals surface area contributed by atoms with Crippen molar-refractivity contribution in [1.29, 1.82) is 0 Å². The molecule has 3 heteroatoms. The van der Waals surface area contributed by atoms with Crippen molar-refractivity contribution < 1.29 is 0 Å². The van der Waals surface area contributed by atoms with Crippen LogP contribution in [-0.4, -0.2) is 55.1 Å². The van der Waals surface area contributed by atoms with Crippen molar-refractivity contribution in [3.05, 3.63) is 0 Å². The molecular formula is C15H29N3. The van der Waals surface area contributed by atoms with E-state index >= 15 is 0 Å². The van der Waals surface area contributed by atoms with E-state index in [-0.39, 0.29) is 0 Å². The lowest BCUT2D eigenvalue weighted by Crippen LogP contribution is -2.61. The maximum Gasteiger partial charge on any atom is 0.0381 e. The standard InChI is InChI=1S/C15H29N3/c1-17(10-13-4-2-3-5-13)15(12-16)7-9-18-8-6-14(15)11-18/h13-14H,2-12,16H2,1H3. The van der Waals surface area contributed by atoms with Gasteiger partial charge in [0.2, 0.25) is 0 Å². The first-order valence-electron chi connectivity index (χ1n) is 7.88. The van der Waals surface area contributed by atoms with Gasteiger partial charge in [-0.15, -0.1) is 0 Å². The second-order valence-corrected chi connectivity index (χ2v) is 6.87. The first kappa shape index (κ1) is 12.9. The minimum Gasteiger partial charge on any atom is -0.329 e. The number of hydrogen-bond acceptors (Lipinski definition) is 3. The average molecular weight is 251 g/mol. The molecule has 0 radical (unpaired) electrons. The zero-order valence-electron chi connectivity index (χ0n) is 11.9. The Morgan fingerprint density at radius 1 is 1.22 bits per heavy atom. The summed E-state index contributed by atoms with van der Waals surface area (Å²) in [5.41, 5.74) is 6.55. The van der Waals surface area contributed by atoms with E-state index in [1.807, 2.05) is 0 Å². The molecule has 1 saturated carbocycles. The van der Waals surface area contributed by atoms with Crippen molar-refractivity contribution in [2.75, 3.05) is 39.8 Å². The van der Waals surface area contributed by atoms with Gasteiger partial charge in [-0.3, -0.25) is 4.90 Å². The number of likely N-dealkylation sites (N-methyl/N-ethyl adjacent to an activating group) is 1. The van der Waals surface area contributed by atoms with Gasteiger partial charge in [0.25, 0.3) is 0 Å². The third-order valence-electron chi connectivity index (χ3n) is 6.01. The highest BCUT2D eigenvalue weighted by Gasteiger charge is 2.47. The highest BCUT2D eigenvalue weighted by atomic mass is 15.3. The third kappa shape index (κ3) is 2.10. The van der Waals surface area contributed by atoms with Crippen LogP contribution in [-0.2, 0) is 0 Å². The first-order valence-corrected chi connectivity index (χ1v) is 7.88. The molecule has 2 aliphatic heterocycles. The van der Waals surface area contributed by atoms with Gasteiger partial charge in [0.05, 0.1) is 0 Å². The third-order valence-corrected chi connectivity index (χ3v) is 6.01. The van der Waals surface area contributed by atoms with Crippen LogP contribution in [0.15, 0.2) is 0 Å². The molecule has 3 unspecified atom stereocenters. The van der Waals surface area contributed by atoms with E-state index in [0.29, 0.717) is 5.54 Å². The van der Waals surface area contributed by atoms with E-state index in [9.17, 15) is 0 Å². The maximum atomic E-state index is 6.24. The Kier molecular flexibility index (Phi) is 3.65. The lowest BCUT2D eigenvalue weighted by molar-refractivity contribution is 0.0172. The van der Waals surface area contributed by atoms with Crippen molar-refractivity contribution in [3.63, 3.8) is 0 Å². The largest absolute Gasteiger partial charge is 0.329 e. The summed E-state index contributed by atoms with van der Waals surface area (Å²) in [6, 6.07) is 0. The SMILES string of the molecule is CN(CC1CCCC1)C1(CN)CCN2CCC1C2. The normalized spacial score (nSPS) is 40.8. The molecule has 3 nitrogen and oxygen atoms in total. The first-order chi connectivity index (χ1) is 8.74. The summed E-state index contributed by atoms with van der Waals surface area (Å²) < 4.78 is 0. The second kappa shape index (κ2) is 5.10. The minimum atomic E-state index is 0.315. The molecule has 0 spiro atoms. The molecule has 2 heterocycles. The Balaban J connectivity index is 1.69. The van der Waals surface area contributed by atoms with Gasteiger partial charge < -0.3 is 10.6 Å². The Bertz CT molecular complexity index is 287. The van der Waals surface area contributed by atoms with Gasteiger partial charge in [-0.25, -0.2) is 0 Å². The van der Waals surface area contributed by atoms with Gasteiger partial charge >= 0.3 is 0 Å². The van der Waals surface area contributed by atoms with Gasteiger partial charge in [-0.1, -0.05) is 12.8 Å². The van der Waals surface area contributed by atoms with Crippen LogP contribution in [0.4, 0.5) is 0 Å². The fourth-order valence-corrected chi connectivity index (χ4v) is 4.72. The molecule has 2 saturated heterocycles. The summed E-state index contributed by atoms with van der Waals surface area (Å²) in [4.78, 5) is 5.29. The van der Waals surface area contributed by atoms with Crippen LogP contribution < -0.4 is 5.73 Å². The van der Waals surface area contributed by atoms with Crippen molar-refractivity contribution in [2.45, 2.75) is 44.1 Å². The molecule has 3 atom stereocenters. The predicted octanol–water partition coefficient (Wildman–Crippen LogP) is 1.53. The highest BCUT2D eigenvalue weighted by molar-refractivity contribution is 5.04. The van der Waals surface area contributed by atoms with Crippen molar-refractivity contribution >= 4 is 0 Å². The summed E-state index contributed by atoms with van der Waals surface area (Å²) in [6.45, 7) is 6.01. The molecule has 0 aromatic carbocycles. The van der Waals surface area contributed by atoms with E-state index in [1.54, 1.807) is 0 Å². The summed E-state index contributed by atoms with van der Waals surface area (Å²) in [7, 11) is 2.35. The zero-order valence-corrected chi connectivity index (χ0v) is 11.9. The molecule has 1 aliphatic carbocycles. The van der Waals surface area contributed by atoms with E-state index in [2.05, 4.69) is 16.8 Å². The van der Waals surface area contributed by atoms with Crippen LogP contribution in [0.5, 0.6) is 0 Å². The summed E-state index contributed by atoms with van der Waals surface area (Å²) in [5, 5.41) is 0. The Hall–Kier alpha value is -0.120. The number of hydrogen-bond donors (Lipinski definition) is 1. The van der Waals surface area contributed by atoms with Crippen molar-refractivity contribution in [3.8, 4) is 0 Å². The molecule has 0 amide bonds. The topological polar surface area (TPSA) is 32.5 Å². The zero-order chi connectivity index (χ0) is 12.6. The number of piperidine rings is 1. The lowest BCUT2D eigenvalue weighted by atomic mass is 9.77. The summed E-state index contributed by atoms with van der Waals surface area (Å²) >= 11 is 0. The molecule has 0 aromatic rings. The molecule has 3 fully saturated rings. The van der Waals surface area contributed by atoms with Crippen LogP contribution in [0.2, 0.25) is 0 Å². The fraction of sp³-hybridized carbons (Fsp3) is 1.00. The van der Waals surface area contributed by atoms with E-state index < -0.39 is 0 Å². The lowest BCUT2D eigenvalue weighted by Gasteiger charge is -2.49. The van der Waals surface area contributed by atoms with E-state index in [0.717, 1.165) is 18.4 Å². The Morgan fingerprint density at radius 3 is 2.72 bits per heavy atom. The smallest absolute Gasteiger partial charge is 0.0381 e. The highest BCUT2D eigenvalue weighted by Crippen LogP contribution is 2.40. The molecule has 18 heavy (non-hydrogen) atoms. The molecule has 2 bridgehead atoms. The number of nitrogens with two attached hydrogens (primary N) is 1. The molecule has 2 N–H and O–H groups in total. The second-order valence-electron chi connectivity index (χ2n) is 6.87. The van der Waals surface area contributed by atoms with Crippen molar-refractivity contribution in [2.24, 2.45) is 17.6 Å². The van der Waals surface area contributed by atoms with Crippen LogP contribution in [0, 0.1) is 11.8 Å². The molecule has 104 valence electrons. The number of fused-ring (bicyclic) bond motifs is 2. The average Bonchev–Trinajstić information content (AvgIpc) is 3.01. The monoisotopic (exact) mass is 251 g/mol. The van der Waals surface area contributed by atoms with E-state index in [1.165, 1.54) is 64.7 Å². The van der Waals surface area contributed by atoms with E-state index in [4.69, 9.17) is 5.73 Å². The van der Waals surface area contributed by atoms with Gasteiger partial charge in [0.15, 0.2) is 0 Å². The predicted molar refractivity (Wildman–Crippen MR) is 75.5 cm³/mol. The molecular weight excluding hydrogens is 222 g/mol. The van der Waals surface area contributed by atoms with Gasteiger partial charge in [0.1, 0.15) is 0 Å². The molecule has 0 aromatic heterocycles. The summed E-state index contributed by atoms with van der Waals surface area (Å²) in [5.74, 6) is 1.76. The van der Waals surface area contributed by atoms with Crippen LogP contribution in [0.1, 0.15) is 38.5 Å². The van der Waals surface area contributed by atoms with Crippen LogP contribution >= 0.6 is 0 Å². The van der Waals surface area contributed by atoms with Gasteiger partial charge in [-0.05, 0) is 57.7 Å². The minimum absolute atomic E-state index is 0.315. The molecule has 3 aliphatic rings. The Morgan fingerprint density at radius 2 is 2.00 bits per heavy atom. The van der Waals surface area contributed by atoms with Crippen molar-refractivity contribution in [1.82, 2.24) is 9.80 Å². The van der Waals surface area contributed by atoms with Crippen LogP contribution in [0.25, 0.3) is 0 Å². The van der Waals surface area contributed by atoms with Gasteiger partial charge in [-0.2, -0.15) is 0 Å².